The number of aryl methyl sites for hydroxylation is 1. The Morgan fingerprint density at radius 3 is 2.11 bits per heavy atom. The molecule has 0 aliphatic heterocycles. The number of benzene rings is 3. The first-order valence-corrected chi connectivity index (χ1v) is 9.08. The average Bonchev–Trinajstić information content (AvgIpc) is 2.70. The summed E-state index contributed by atoms with van der Waals surface area (Å²) in [6, 6.07) is 21.9. The summed E-state index contributed by atoms with van der Waals surface area (Å²) in [5.74, 6) is -0.515. The highest BCUT2D eigenvalue weighted by molar-refractivity contribution is 6.05. The van der Waals surface area contributed by atoms with E-state index in [-0.39, 0.29) is 11.9 Å². The van der Waals surface area contributed by atoms with Crippen molar-refractivity contribution < 1.29 is 14.3 Å². The van der Waals surface area contributed by atoms with Gasteiger partial charge in [0.1, 0.15) is 0 Å². The van der Waals surface area contributed by atoms with Crippen molar-refractivity contribution in [2.45, 2.75) is 13.8 Å². The van der Waals surface area contributed by atoms with Gasteiger partial charge in [0, 0.05) is 16.9 Å². The molecule has 2 N–H and O–H groups in total. The second kappa shape index (κ2) is 8.86. The predicted molar refractivity (Wildman–Crippen MR) is 111 cm³/mol. The molecule has 0 saturated heterocycles. The highest BCUT2D eigenvalue weighted by Crippen LogP contribution is 2.23. The van der Waals surface area contributed by atoms with Crippen molar-refractivity contribution in [3.63, 3.8) is 0 Å². The fourth-order valence-electron chi connectivity index (χ4n) is 2.80. The zero-order valence-electron chi connectivity index (χ0n) is 15.9. The molecule has 0 unspecified atom stereocenters. The Balaban J connectivity index is 1.71. The van der Waals surface area contributed by atoms with Crippen LogP contribution in [-0.2, 0) is 4.74 Å². The summed E-state index contributed by atoms with van der Waals surface area (Å²) in [5.41, 5.74) is 4.20. The molecule has 3 aromatic carbocycles. The fraction of sp³-hybridized carbons (Fsp3) is 0.130. The first kappa shape index (κ1) is 19.2. The highest BCUT2D eigenvalue weighted by Gasteiger charge is 2.12. The minimum Gasteiger partial charge on any atom is -0.462 e. The zero-order valence-corrected chi connectivity index (χ0v) is 15.9. The van der Waals surface area contributed by atoms with E-state index >= 15 is 0 Å². The summed E-state index contributed by atoms with van der Waals surface area (Å²) >= 11 is 0. The van der Waals surface area contributed by atoms with Gasteiger partial charge in [0.25, 0.3) is 5.91 Å². The number of amides is 1. The largest absolute Gasteiger partial charge is 0.462 e. The molecule has 142 valence electrons. The average molecular weight is 374 g/mol. The Bertz CT molecular complexity index is 981. The van der Waals surface area contributed by atoms with Gasteiger partial charge in [-0.05, 0) is 61.9 Å². The molecule has 0 aliphatic carbocycles. The van der Waals surface area contributed by atoms with Crippen LogP contribution >= 0.6 is 0 Å². The van der Waals surface area contributed by atoms with E-state index in [1.165, 1.54) is 0 Å². The van der Waals surface area contributed by atoms with Crippen molar-refractivity contribution in [2.24, 2.45) is 0 Å². The molecule has 28 heavy (non-hydrogen) atoms. The lowest BCUT2D eigenvalue weighted by molar-refractivity contribution is 0.0527. The molecule has 0 spiro atoms. The Morgan fingerprint density at radius 1 is 0.821 bits per heavy atom. The number of nitrogens with one attached hydrogen (secondary N) is 2. The standard InChI is InChI=1S/C23H22N2O3/c1-3-28-23(27)20-10-6-7-11-21(20)24-17-12-14-18(15-13-17)25-22(26)19-9-5-4-8-16(19)2/h4-15,24H,3H2,1-2H3,(H,25,26). The number of carbonyl (C=O) groups excluding carboxylic acids is 2. The van der Waals surface area contributed by atoms with Gasteiger partial charge in [-0.25, -0.2) is 4.79 Å². The minimum atomic E-state index is -0.368. The molecule has 0 aliphatic rings. The van der Waals surface area contributed by atoms with Crippen molar-refractivity contribution in [3.05, 3.63) is 89.5 Å². The van der Waals surface area contributed by atoms with Crippen molar-refractivity contribution >= 4 is 28.9 Å². The maximum absolute atomic E-state index is 12.4. The molecular formula is C23H22N2O3. The lowest BCUT2D eigenvalue weighted by Crippen LogP contribution is -2.13. The molecule has 0 atom stereocenters. The topological polar surface area (TPSA) is 67.4 Å². The summed E-state index contributed by atoms with van der Waals surface area (Å²) in [7, 11) is 0. The Hall–Kier alpha value is -3.60. The second-order valence-corrected chi connectivity index (χ2v) is 6.24. The molecule has 5 heteroatoms. The monoisotopic (exact) mass is 374 g/mol. The smallest absolute Gasteiger partial charge is 0.340 e. The number of anilines is 3. The third-order valence-corrected chi connectivity index (χ3v) is 4.23. The maximum Gasteiger partial charge on any atom is 0.340 e. The molecule has 0 aromatic heterocycles. The lowest BCUT2D eigenvalue weighted by atomic mass is 10.1. The number of ether oxygens (including phenoxy) is 1. The van der Waals surface area contributed by atoms with E-state index < -0.39 is 0 Å². The third-order valence-electron chi connectivity index (χ3n) is 4.23. The number of esters is 1. The molecular weight excluding hydrogens is 352 g/mol. The molecule has 3 aromatic rings. The van der Waals surface area contributed by atoms with Gasteiger partial charge in [-0.1, -0.05) is 30.3 Å². The van der Waals surface area contributed by atoms with Crippen LogP contribution in [0.15, 0.2) is 72.8 Å². The van der Waals surface area contributed by atoms with E-state index in [9.17, 15) is 9.59 Å². The summed E-state index contributed by atoms with van der Waals surface area (Å²) < 4.78 is 5.09. The van der Waals surface area contributed by atoms with E-state index in [0.29, 0.717) is 29.1 Å². The first-order valence-electron chi connectivity index (χ1n) is 9.08. The van der Waals surface area contributed by atoms with Crippen molar-refractivity contribution in [1.82, 2.24) is 0 Å². The van der Waals surface area contributed by atoms with Gasteiger partial charge < -0.3 is 15.4 Å². The first-order chi connectivity index (χ1) is 13.6. The van der Waals surface area contributed by atoms with Crippen LogP contribution in [-0.4, -0.2) is 18.5 Å². The van der Waals surface area contributed by atoms with E-state index in [1.54, 1.807) is 25.1 Å². The number of carbonyl (C=O) groups is 2. The number of rotatable bonds is 6. The normalized spacial score (nSPS) is 10.2. The third kappa shape index (κ3) is 4.57. The minimum absolute atomic E-state index is 0.147. The van der Waals surface area contributed by atoms with E-state index in [0.717, 1.165) is 11.3 Å². The SMILES string of the molecule is CCOC(=O)c1ccccc1Nc1ccc(NC(=O)c2ccccc2C)cc1. The molecule has 3 rings (SSSR count). The van der Waals surface area contributed by atoms with Crippen LogP contribution in [0.25, 0.3) is 0 Å². The second-order valence-electron chi connectivity index (χ2n) is 6.24. The van der Waals surface area contributed by atoms with Crippen LogP contribution in [0.4, 0.5) is 17.1 Å². The molecule has 0 bridgehead atoms. The molecule has 0 radical (unpaired) electrons. The molecule has 0 fully saturated rings. The van der Waals surface area contributed by atoms with Gasteiger partial charge in [0.05, 0.1) is 17.9 Å². The van der Waals surface area contributed by atoms with Gasteiger partial charge in [-0.15, -0.1) is 0 Å². The summed E-state index contributed by atoms with van der Waals surface area (Å²) in [6.45, 7) is 4.00. The predicted octanol–water partition coefficient (Wildman–Crippen LogP) is 5.17. The summed E-state index contributed by atoms with van der Waals surface area (Å²) in [6.07, 6.45) is 0. The van der Waals surface area contributed by atoms with Crippen LogP contribution in [0.2, 0.25) is 0 Å². The van der Waals surface area contributed by atoms with Crippen LogP contribution in [0.3, 0.4) is 0 Å². The molecule has 0 saturated carbocycles. The van der Waals surface area contributed by atoms with Gasteiger partial charge in [0.15, 0.2) is 0 Å². The Labute approximate surface area is 164 Å². The summed E-state index contributed by atoms with van der Waals surface area (Å²) in [4.78, 5) is 24.5. The van der Waals surface area contributed by atoms with E-state index in [1.807, 2.05) is 61.5 Å². The van der Waals surface area contributed by atoms with Crippen LogP contribution in [0, 0.1) is 6.92 Å². The van der Waals surface area contributed by atoms with Gasteiger partial charge in [-0.3, -0.25) is 4.79 Å². The fourth-order valence-corrected chi connectivity index (χ4v) is 2.80. The van der Waals surface area contributed by atoms with E-state index in [4.69, 9.17) is 4.74 Å². The lowest BCUT2D eigenvalue weighted by Gasteiger charge is -2.12. The maximum atomic E-state index is 12.4. The molecule has 5 nitrogen and oxygen atoms in total. The number of hydrogen-bond acceptors (Lipinski definition) is 4. The number of hydrogen-bond donors (Lipinski definition) is 2. The van der Waals surface area contributed by atoms with Crippen LogP contribution in [0.5, 0.6) is 0 Å². The van der Waals surface area contributed by atoms with Gasteiger partial charge >= 0.3 is 5.97 Å². The van der Waals surface area contributed by atoms with Gasteiger partial charge in [-0.2, -0.15) is 0 Å². The molecule has 1 amide bonds. The summed E-state index contributed by atoms with van der Waals surface area (Å²) in [5, 5.41) is 6.12. The molecule has 0 heterocycles. The van der Waals surface area contributed by atoms with Crippen LogP contribution < -0.4 is 10.6 Å². The zero-order chi connectivity index (χ0) is 19.9. The Kier molecular flexibility index (Phi) is 6.07. The van der Waals surface area contributed by atoms with Crippen LogP contribution in [0.1, 0.15) is 33.2 Å². The van der Waals surface area contributed by atoms with Crippen molar-refractivity contribution in [1.29, 1.82) is 0 Å². The van der Waals surface area contributed by atoms with Crippen molar-refractivity contribution in [3.8, 4) is 0 Å². The Morgan fingerprint density at radius 2 is 1.43 bits per heavy atom. The van der Waals surface area contributed by atoms with E-state index in [2.05, 4.69) is 10.6 Å². The van der Waals surface area contributed by atoms with Crippen molar-refractivity contribution in [2.75, 3.05) is 17.2 Å². The number of para-hydroxylation sites is 1. The quantitative estimate of drug-likeness (QED) is 0.584. The van der Waals surface area contributed by atoms with Gasteiger partial charge in [0.2, 0.25) is 0 Å². The highest BCUT2D eigenvalue weighted by atomic mass is 16.5.